The minimum Gasteiger partial charge on any atom is -0.467 e. The normalized spacial score (nSPS) is 27.4. The zero-order valence-corrected chi connectivity index (χ0v) is 23.9. The van der Waals surface area contributed by atoms with Crippen LogP contribution in [0.4, 0.5) is 0 Å². The van der Waals surface area contributed by atoms with Crippen LogP contribution in [0.5, 0.6) is 0 Å². The number of hydrogen-bond donors (Lipinski definition) is 2. The van der Waals surface area contributed by atoms with Gasteiger partial charge in [0.15, 0.2) is 0 Å². The van der Waals surface area contributed by atoms with Crippen LogP contribution in [0.15, 0.2) is 22.3 Å². The molecule has 3 aliphatic rings. The van der Waals surface area contributed by atoms with Crippen molar-refractivity contribution in [2.24, 2.45) is 11.8 Å². The Balaban J connectivity index is 2.31. The number of fused-ring (bicyclic) bond motifs is 2. The highest BCUT2D eigenvalue weighted by molar-refractivity contribution is 6.03. The molecule has 40 heavy (non-hydrogen) atoms. The van der Waals surface area contributed by atoms with E-state index in [-0.39, 0.29) is 62.9 Å². The Morgan fingerprint density at radius 1 is 0.700 bits per heavy atom. The van der Waals surface area contributed by atoms with Gasteiger partial charge < -0.3 is 29.6 Å². The first-order chi connectivity index (χ1) is 18.9. The van der Waals surface area contributed by atoms with Crippen molar-refractivity contribution >= 4 is 35.7 Å². The fourth-order valence-corrected chi connectivity index (χ4v) is 6.54. The van der Waals surface area contributed by atoms with Gasteiger partial charge in [0.1, 0.15) is 11.1 Å². The van der Waals surface area contributed by atoms with Crippen molar-refractivity contribution in [3.63, 3.8) is 0 Å². The van der Waals surface area contributed by atoms with Crippen LogP contribution in [-0.4, -0.2) is 74.2 Å². The molecule has 0 spiro atoms. The molecule has 4 atom stereocenters. The number of carbonyl (C=O) groups excluding carboxylic acids is 6. The van der Waals surface area contributed by atoms with E-state index in [2.05, 4.69) is 10.6 Å². The molecule has 0 aromatic heterocycles. The van der Waals surface area contributed by atoms with Crippen LogP contribution in [-0.2, 0) is 47.7 Å². The maximum Gasteiger partial charge on any atom is 0.335 e. The van der Waals surface area contributed by atoms with Crippen LogP contribution in [0.25, 0.3) is 0 Å². The lowest BCUT2D eigenvalue weighted by molar-refractivity contribution is -0.153. The number of carbonyl (C=O) groups is 6. The highest BCUT2D eigenvalue weighted by Crippen LogP contribution is 2.54. The number of nitrogens with one attached hydrogen (secondary N) is 2. The summed E-state index contributed by atoms with van der Waals surface area (Å²) in [7, 11) is 2.45. The molecular formula is C28H38N2O10. The molecule has 12 heteroatoms. The zero-order valence-electron chi connectivity index (χ0n) is 23.9. The molecule has 2 saturated carbocycles. The van der Waals surface area contributed by atoms with Gasteiger partial charge in [-0.1, -0.05) is 11.1 Å². The summed E-state index contributed by atoms with van der Waals surface area (Å²) >= 11 is 0. The number of amides is 2. The molecule has 2 fully saturated rings. The lowest BCUT2D eigenvalue weighted by Crippen LogP contribution is -2.60. The lowest BCUT2D eigenvalue weighted by Gasteiger charge is -2.48. The summed E-state index contributed by atoms with van der Waals surface area (Å²) in [5.41, 5.74) is -1.30. The van der Waals surface area contributed by atoms with Crippen LogP contribution in [0, 0.1) is 11.8 Å². The Hall–Kier alpha value is -3.70. The number of rotatable bonds is 8. The average molecular weight is 563 g/mol. The van der Waals surface area contributed by atoms with Crippen molar-refractivity contribution in [1.82, 2.24) is 10.6 Å². The number of methoxy groups -OCH3 is 2. The molecule has 220 valence electrons. The molecule has 0 heterocycles. The van der Waals surface area contributed by atoms with Crippen LogP contribution < -0.4 is 10.6 Å². The van der Waals surface area contributed by atoms with E-state index in [0.29, 0.717) is 11.1 Å². The summed E-state index contributed by atoms with van der Waals surface area (Å²) < 4.78 is 20.9. The first-order valence-corrected chi connectivity index (χ1v) is 13.4. The van der Waals surface area contributed by atoms with Gasteiger partial charge in [-0.25, -0.2) is 19.2 Å². The van der Waals surface area contributed by atoms with E-state index in [1.165, 1.54) is 28.1 Å². The van der Waals surface area contributed by atoms with Gasteiger partial charge in [0.25, 0.3) is 0 Å². The smallest absolute Gasteiger partial charge is 0.335 e. The van der Waals surface area contributed by atoms with Gasteiger partial charge in [0, 0.05) is 38.5 Å². The summed E-state index contributed by atoms with van der Waals surface area (Å²) in [5, 5.41) is 5.50. The van der Waals surface area contributed by atoms with Crippen molar-refractivity contribution in [2.45, 2.75) is 77.3 Å². The zero-order chi connectivity index (χ0) is 29.8. The molecule has 0 radical (unpaired) electrons. The second-order valence-corrected chi connectivity index (χ2v) is 10.4. The molecule has 0 unspecified atom stereocenters. The Bertz CT molecular complexity index is 1080. The minimum absolute atomic E-state index is 0.0217. The van der Waals surface area contributed by atoms with E-state index in [1.54, 1.807) is 13.8 Å². The maximum absolute atomic E-state index is 13.4. The van der Waals surface area contributed by atoms with Gasteiger partial charge in [-0.2, -0.15) is 0 Å². The van der Waals surface area contributed by atoms with Crippen molar-refractivity contribution in [2.75, 3.05) is 27.4 Å². The number of ether oxygens (including phenoxy) is 4. The van der Waals surface area contributed by atoms with Gasteiger partial charge in [0.05, 0.1) is 38.6 Å². The van der Waals surface area contributed by atoms with Crippen LogP contribution in [0.1, 0.15) is 66.2 Å². The van der Waals surface area contributed by atoms with Crippen molar-refractivity contribution in [3.8, 4) is 0 Å². The summed E-state index contributed by atoms with van der Waals surface area (Å²) in [6.45, 7) is 6.06. The van der Waals surface area contributed by atoms with Crippen molar-refractivity contribution in [3.05, 3.63) is 22.3 Å². The fraction of sp³-hybridized carbons (Fsp3) is 0.643. The maximum atomic E-state index is 13.4. The summed E-state index contributed by atoms with van der Waals surface area (Å²) in [6, 6.07) is 0. The standard InChI is InChI=1S/C28H38N2O10/c1-7-39-23(33)21-17-9-11-27(25(35)37-5,29-15(3)31)13-19(17)20-14-28(26(36)38-6,30-16(4)32)12-10-18(20)22(21)24(34)40-8-2/h17-18H,7-14H2,1-6H3,(H,29,31)(H,30,32)/t17-,18+,27-,28-/m1/s1. The minimum atomic E-state index is -1.43. The van der Waals surface area contributed by atoms with Gasteiger partial charge in [-0.05, 0) is 39.5 Å². The molecule has 0 aromatic rings. The number of esters is 4. The third-order valence-corrected chi connectivity index (χ3v) is 7.92. The van der Waals surface area contributed by atoms with E-state index in [4.69, 9.17) is 18.9 Å². The SMILES string of the molecule is CCOC(=O)C1=C(C(=O)OCC)[C@H]2CC[C@](NC(C)=O)(C(=O)OC)CC2=C2C[C@@](NC(C)=O)(C(=O)OC)CC[C@H]21. The van der Waals surface area contributed by atoms with Crippen molar-refractivity contribution in [1.29, 1.82) is 0 Å². The third-order valence-electron chi connectivity index (χ3n) is 7.92. The average Bonchev–Trinajstić information content (AvgIpc) is 2.90. The second kappa shape index (κ2) is 12.2. The van der Waals surface area contributed by atoms with E-state index < -0.39 is 58.6 Å². The summed E-state index contributed by atoms with van der Waals surface area (Å²) in [4.78, 5) is 77.4. The Kier molecular flexibility index (Phi) is 9.42. The van der Waals surface area contributed by atoms with Gasteiger partial charge in [0.2, 0.25) is 11.8 Å². The van der Waals surface area contributed by atoms with Gasteiger partial charge in [-0.15, -0.1) is 0 Å². The largest absolute Gasteiger partial charge is 0.467 e. The molecule has 3 aliphatic carbocycles. The summed E-state index contributed by atoms with van der Waals surface area (Å²) in [5.74, 6) is -4.82. The molecule has 3 rings (SSSR count). The monoisotopic (exact) mass is 562 g/mol. The van der Waals surface area contributed by atoms with E-state index in [9.17, 15) is 28.8 Å². The van der Waals surface area contributed by atoms with E-state index in [0.717, 1.165) is 0 Å². The molecule has 12 nitrogen and oxygen atoms in total. The molecule has 0 saturated heterocycles. The van der Waals surface area contributed by atoms with E-state index >= 15 is 0 Å². The molecule has 0 aromatic carbocycles. The predicted molar refractivity (Wildman–Crippen MR) is 139 cm³/mol. The van der Waals surface area contributed by atoms with Crippen LogP contribution in [0.3, 0.4) is 0 Å². The fourth-order valence-electron chi connectivity index (χ4n) is 6.54. The Morgan fingerprint density at radius 2 is 1.05 bits per heavy atom. The highest BCUT2D eigenvalue weighted by Gasteiger charge is 2.55. The molecule has 0 aliphatic heterocycles. The van der Waals surface area contributed by atoms with Crippen LogP contribution in [0.2, 0.25) is 0 Å². The van der Waals surface area contributed by atoms with Crippen LogP contribution >= 0.6 is 0 Å². The third kappa shape index (κ3) is 5.62. The quantitative estimate of drug-likeness (QED) is 0.251. The molecular weight excluding hydrogens is 524 g/mol. The van der Waals surface area contributed by atoms with Crippen molar-refractivity contribution < 1.29 is 47.7 Å². The number of hydrogen-bond acceptors (Lipinski definition) is 10. The topological polar surface area (TPSA) is 163 Å². The Labute approximate surface area is 233 Å². The molecule has 2 amide bonds. The first-order valence-electron chi connectivity index (χ1n) is 13.4. The van der Waals surface area contributed by atoms with Gasteiger partial charge in [-0.3, -0.25) is 9.59 Å². The Morgan fingerprint density at radius 3 is 1.32 bits per heavy atom. The van der Waals surface area contributed by atoms with E-state index in [1.807, 2.05) is 0 Å². The highest BCUT2D eigenvalue weighted by atomic mass is 16.5. The summed E-state index contributed by atoms with van der Waals surface area (Å²) in [6.07, 6.45) is 0.599. The predicted octanol–water partition coefficient (Wildman–Crippen LogP) is 1.42. The first kappa shape index (κ1) is 30.8. The molecule has 0 bridgehead atoms. The van der Waals surface area contributed by atoms with Gasteiger partial charge >= 0.3 is 23.9 Å². The lowest BCUT2D eigenvalue weighted by atomic mass is 9.58. The molecule has 2 N–H and O–H groups in total. The second-order valence-electron chi connectivity index (χ2n) is 10.4.